The number of carbonyl (C=O) groups excluding carboxylic acids is 1. The third-order valence-corrected chi connectivity index (χ3v) is 3.67. The second-order valence-electron chi connectivity index (χ2n) is 5.21. The molecule has 1 aliphatic heterocycles. The van der Waals surface area contributed by atoms with Crippen molar-refractivity contribution in [1.82, 2.24) is 29.4 Å². The molecule has 0 aliphatic carbocycles. The normalized spacial score (nSPS) is 19.2. The van der Waals surface area contributed by atoms with Crippen LogP contribution in [-0.4, -0.2) is 48.4 Å². The van der Waals surface area contributed by atoms with Crippen LogP contribution in [0.25, 0.3) is 0 Å². The maximum atomic E-state index is 12.3. The molecule has 3 heterocycles. The molecule has 2 aromatic rings. The van der Waals surface area contributed by atoms with Crippen molar-refractivity contribution < 1.29 is 4.79 Å². The van der Waals surface area contributed by atoms with E-state index in [2.05, 4.69) is 15.2 Å². The van der Waals surface area contributed by atoms with Crippen LogP contribution in [0, 0.1) is 0 Å². The van der Waals surface area contributed by atoms with Gasteiger partial charge in [-0.2, -0.15) is 10.2 Å². The Bertz CT molecular complexity index is 575. The van der Waals surface area contributed by atoms with E-state index >= 15 is 0 Å². The lowest BCUT2D eigenvalue weighted by Gasteiger charge is -2.32. The summed E-state index contributed by atoms with van der Waals surface area (Å²) in [6.45, 7) is 1.53. The first kappa shape index (κ1) is 12.8. The van der Waals surface area contributed by atoms with Crippen molar-refractivity contribution in [3.05, 3.63) is 30.6 Å². The van der Waals surface area contributed by atoms with Gasteiger partial charge in [-0.1, -0.05) is 0 Å². The largest absolute Gasteiger partial charge is 0.340 e. The second-order valence-corrected chi connectivity index (χ2v) is 5.21. The summed E-state index contributed by atoms with van der Waals surface area (Å²) in [6, 6.07) is 0.240. The summed E-state index contributed by atoms with van der Waals surface area (Å²) >= 11 is 0. The minimum absolute atomic E-state index is 0.155. The Morgan fingerprint density at radius 2 is 2.35 bits per heavy atom. The first-order valence-corrected chi connectivity index (χ1v) is 6.82. The van der Waals surface area contributed by atoms with Gasteiger partial charge in [0.25, 0.3) is 0 Å². The number of rotatable bonds is 3. The van der Waals surface area contributed by atoms with Gasteiger partial charge in [0.05, 0.1) is 18.7 Å². The fraction of sp³-hybridized carbons (Fsp3) is 0.538. The molecule has 1 atom stereocenters. The highest BCUT2D eigenvalue weighted by Crippen LogP contribution is 2.20. The number of likely N-dealkylation sites (tertiary alicyclic amines) is 1. The fourth-order valence-corrected chi connectivity index (χ4v) is 2.65. The molecule has 0 aromatic carbocycles. The highest BCUT2D eigenvalue weighted by atomic mass is 16.2. The summed E-state index contributed by atoms with van der Waals surface area (Å²) in [6.07, 6.45) is 9.35. The second kappa shape index (κ2) is 5.44. The van der Waals surface area contributed by atoms with Gasteiger partial charge < -0.3 is 4.90 Å². The molecule has 0 spiro atoms. The van der Waals surface area contributed by atoms with Gasteiger partial charge in [-0.15, -0.1) is 0 Å². The number of amides is 1. The van der Waals surface area contributed by atoms with Crippen LogP contribution in [0.5, 0.6) is 0 Å². The average Bonchev–Trinajstić information content (AvgIpc) is 3.11. The van der Waals surface area contributed by atoms with Gasteiger partial charge in [0, 0.05) is 26.3 Å². The average molecular weight is 274 g/mol. The van der Waals surface area contributed by atoms with Gasteiger partial charge in [0.15, 0.2) is 0 Å². The molecular weight excluding hydrogens is 256 g/mol. The number of piperidine rings is 1. The van der Waals surface area contributed by atoms with Gasteiger partial charge >= 0.3 is 0 Å². The zero-order valence-electron chi connectivity index (χ0n) is 11.5. The molecule has 3 rings (SSSR count). The quantitative estimate of drug-likeness (QED) is 0.813. The van der Waals surface area contributed by atoms with Crippen LogP contribution >= 0.6 is 0 Å². The predicted molar refractivity (Wildman–Crippen MR) is 71.8 cm³/mol. The van der Waals surface area contributed by atoms with Gasteiger partial charge in [-0.05, 0) is 18.4 Å². The Morgan fingerprint density at radius 3 is 3.05 bits per heavy atom. The molecule has 7 nitrogen and oxygen atoms in total. The fourth-order valence-electron chi connectivity index (χ4n) is 2.65. The maximum Gasteiger partial charge on any atom is 0.227 e. The zero-order chi connectivity index (χ0) is 13.9. The molecule has 1 saturated heterocycles. The molecule has 0 bridgehead atoms. The van der Waals surface area contributed by atoms with Gasteiger partial charge in [-0.25, -0.2) is 9.67 Å². The topological polar surface area (TPSA) is 68.8 Å². The summed E-state index contributed by atoms with van der Waals surface area (Å²) in [5.41, 5.74) is 0.959. The Kier molecular flexibility index (Phi) is 3.49. The van der Waals surface area contributed by atoms with Crippen molar-refractivity contribution in [1.29, 1.82) is 0 Å². The highest BCUT2D eigenvalue weighted by molar-refractivity contribution is 5.78. The third kappa shape index (κ3) is 2.71. The number of carbonyl (C=O) groups is 1. The van der Waals surface area contributed by atoms with Crippen LogP contribution in [0.1, 0.15) is 24.4 Å². The summed E-state index contributed by atoms with van der Waals surface area (Å²) < 4.78 is 3.57. The minimum atomic E-state index is 0.155. The summed E-state index contributed by atoms with van der Waals surface area (Å²) in [7, 11) is 1.86. The number of hydrogen-bond acceptors (Lipinski definition) is 4. The van der Waals surface area contributed by atoms with Crippen molar-refractivity contribution in [2.75, 3.05) is 13.1 Å². The van der Waals surface area contributed by atoms with Crippen molar-refractivity contribution >= 4 is 5.91 Å². The molecular formula is C13H18N6O. The molecule has 0 unspecified atom stereocenters. The standard InChI is InChI=1S/C13H18N6O/c1-17-7-11(6-15-17)5-13(20)18-4-2-3-12(8-18)19-10-14-9-16-19/h6-7,9-10,12H,2-5,8H2,1H3/t12-/m0/s1. The molecule has 1 fully saturated rings. The highest BCUT2D eigenvalue weighted by Gasteiger charge is 2.25. The Balaban J connectivity index is 1.63. The van der Waals surface area contributed by atoms with Crippen molar-refractivity contribution in [2.24, 2.45) is 7.05 Å². The Hall–Kier alpha value is -2.18. The minimum Gasteiger partial charge on any atom is -0.340 e. The van der Waals surface area contributed by atoms with Crippen molar-refractivity contribution in [2.45, 2.75) is 25.3 Å². The lowest BCUT2D eigenvalue weighted by molar-refractivity contribution is -0.132. The number of aromatic nitrogens is 5. The molecule has 0 N–H and O–H groups in total. The molecule has 0 saturated carbocycles. The monoisotopic (exact) mass is 274 g/mol. The molecule has 106 valence electrons. The summed E-state index contributed by atoms with van der Waals surface area (Å²) in [4.78, 5) is 18.2. The molecule has 0 radical (unpaired) electrons. The number of aryl methyl sites for hydroxylation is 1. The smallest absolute Gasteiger partial charge is 0.227 e. The van der Waals surface area contributed by atoms with Crippen LogP contribution in [-0.2, 0) is 18.3 Å². The van der Waals surface area contributed by atoms with E-state index in [1.165, 1.54) is 6.33 Å². The SMILES string of the molecule is Cn1cc(CC(=O)N2CCC[C@H](n3cncn3)C2)cn1. The van der Waals surface area contributed by atoms with Gasteiger partial charge in [0.1, 0.15) is 12.7 Å². The van der Waals surface area contributed by atoms with Crippen molar-refractivity contribution in [3.8, 4) is 0 Å². The van der Waals surface area contributed by atoms with Gasteiger partial charge in [-0.3, -0.25) is 9.48 Å². The third-order valence-electron chi connectivity index (χ3n) is 3.67. The van der Waals surface area contributed by atoms with E-state index in [0.29, 0.717) is 13.0 Å². The first-order chi connectivity index (χ1) is 9.72. The Morgan fingerprint density at radius 1 is 1.45 bits per heavy atom. The lowest BCUT2D eigenvalue weighted by atomic mass is 10.1. The van der Waals surface area contributed by atoms with Crippen LogP contribution in [0.3, 0.4) is 0 Å². The first-order valence-electron chi connectivity index (χ1n) is 6.82. The van der Waals surface area contributed by atoms with Crippen LogP contribution < -0.4 is 0 Å². The Labute approximate surface area is 117 Å². The van der Waals surface area contributed by atoms with E-state index in [-0.39, 0.29) is 11.9 Å². The van der Waals surface area contributed by atoms with Crippen LogP contribution in [0.15, 0.2) is 25.0 Å². The van der Waals surface area contributed by atoms with E-state index in [1.54, 1.807) is 17.2 Å². The molecule has 1 amide bonds. The van der Waals surface area contributed by atoms with Gasteiger partial charge in [0.2, 0.25) is 5.91 Å². The van der Waals surface area contributed by atoms with E-state index < -0.39 is 0 Å². The van der Waals surface area contributed by atoms with E-state index in [4.69, 9.17) is 0 Å². The predicted octanol–water partition coefficient (Wildman–Crippen LogP) is 0.418. The van der Waals surface area contributed by atoms with E-state index in [1.807, 2.05) is 22.8 Å². The van der Waals surface area contributed by atoms with E-state index in [9.17, 15) is 4.79 Å². The lowest BCUT2D eigenvalue weighted by Crippen LogP contribution is -2.41. The summed E-state index contributed by atoms with van der Waals surface area (Å²) in [5.74, 6) is 0.155. The summed E-state index contributed by atoms with van der Waals surface area (Å²) in [5, 5.41) is 8.27. The van der Waals surface area contributed by atoms with Crippen LogP contribution in [0.4, 0.5) is 0 Å². The number of hydrogen-bond donors (Lipinski definition) is 0. The van der Waals surface area contributed by atoms with E-state index in [0.717, 1.165) is 24.9 Å². The number of nitrogens with zero attached hydrogens (tertiary/aromatic N) is 6. The van der Waals surface area contributed by atoms with Crippen LogP contribution in [0.2, 0.25) is 0 Å². The molecule has 1 aliphatic rings. The zero-order valence-corrected chi connectivity index (χ0v) is 11.5. The molecule has 2 aromatic heterocycles. The molecule has 20 heavy (non-hydrogen) atoms. The van der Waals surface area contributed by atoms with Crippen molar-refractivity contribution in [3.63, 3.8) is 0 Å². The maximum absolute atomic E-state index is 12.3. The molecule has 7 heteroatoms.